The molecule has 0 radical (unpaired) electrons. The number of thioether (sulfide) groups is 1. The second-order valence-electron chi connectivity index (χ2n) is 8.74. The molecule has 1 saturated heterocycles. The van der Waals surface area contributed by atoms with Gasteiger partial charge in [-0.2, -0.15) is 0 Å². The van der Waals surface area contributed by atoms with Crippen molar-refractivity contribution in [3.63, 3.8) is 0 Å². The van der Waals surface area contributed by atoms with E-state index in [1.165, 1.54) is 21.0 Å². The normalized spacial score (nSPS) is 21.4. The van der Waals surface area contributed by atoms with Crippen LogP contribution in [0.3, 0.4) is 0 Å². The SMILES string of the molecule is COC1(CCCNC(C)=O)OCC(C)(C)[C@H](C(=O)NCCC(=O)NCCSC(=O)CC(C)=O)O1. The van der Waals surface area contributed by atoms with Crippen molar-refractivity contribution in [1.82, 2.24) is 16.0 Å². The molecule has 1 unspecified atom stereocenters. The summed E-state index contributed by atoms with van der Waals surface area (Å²) in [7, 11) is 1.43. The minimum atomic E-state index is -1.40. The fourth-order valence-corrected chi connectivity index (χ4v) is 3.89. The molecule has 0 bridgehead atoms. The van der Waals surface area contributed by atoms with E-state index in [0.29, 0.717) is 25.1 Å². The maximum absolute atomic E-state index is 12.8. The summed E-state index contributed by atoms with van der Waals surface area (Å²) in [5, 5.41) is 7.86. The number of ether oxygens (including phenoxy) is 3. The maximum atomic E-state index is 12.8. The molecule has 3 amide bonds. The highest BCUT2D eigenvalue weighted by Crippen LogP contribution is 2.37. The summed E-state index contributed by atoms with van der Waals surface area (Å²) in [4.78, 5) is 58.2. The molecule has 12 heteroatoms. The average Bonchev–Trinajstić information content (AvgIpc) is 2.74. The van der Waals surface area contributed by atoms with Crippen LogP contribution < -0.4 is 16.0 Å². The van der Waals surface area contributed by atoms with Gasteiger partial charge in [-0.25, -0.2) is 0 Å². The monoisotopic (exact) mass is 503 g/mol. The summed E-state index contributed by atoms with van der Waals surface area (Å²) < 4.78 is 17.2. The number of carbonyl (C=O) groups is 5. The Bertz CT molecular complexity index is 746. The standard InChI is InChI=1S/C22H37N3O8S/c1-15(26)13-18(29)34-12-11-24-17(28)7-10-25-20(30)19-21(3,4)14-32-22(31-5,33-19)8-6-9-23-16(2)27/h19H,6-14H2,1-5H3,(H,23,27)(H,24,28)(H,25,30)/t19-,22?/m0/s1. The Balaban J connectivity index is 2.45. The van der Waals surface area contributed by atoms with E-state index >= 15 is 0 Å². The molecule has 0 saturated carbocycles. The number of Topliss-reactive ketones (excluding diaryl/α,β-unsaturated/α-hetero) is 1. The lowest BCUT2D eigenvalue weighted by atomic mass is 9.85. The smallest absolute Gasteiger partial charge is 0.283 e. The van der Waals surface area contributed by atoms with Crippen LogP contribution in [0.1, 0.15) is 53.4 Å². The second kappa shape index (κ2) is 14.4. The Hall–Kier alpha value is -2.02. The highest BCUT2D eigenvalue weighted by Gasteiger charge is 2.50. The van der Waals surface area contributed by atoms with Gasteiger partial charge in [0, 0.05) is 57.7 Å². The third-order valence-corrected chi connectivity index (χ3v) is 5.86. The molecule has 0 aromatic carbocycles. The van der Waals surface area contributed by atoms with Gasteiger partial charge in [-0.05, 0) is 13.3 Å². The van der Waals surface area contributed by atoms with Gasteiger partial charge >= 0.3 is 0 Å². The molecule has 1 aliphatic rings. The van der Waals surface area contributed by atoms with E-state index in [1.54, 1.807) is 0 Å². The Labute approximate surface area is 204 Å². The summed E-state index contributed by atoms with van der Waals surface area (Å²) in [6.07, 6.45) is -0.0728. The van der Waals surface area contributed by atoms with Crippen LogP contribution in [0.4, 0.5) is 0 Å². The third kappa shape index (κ3) is 10.9. The predicted octanol–water partition coefficient (Wildman–Crippen LogP) is 0.506. The number of amides is 3. The second-order valence-corrected chi connectivity index (χ2v) is 9.89. The lowest BCUT2D eigenvalue weighted by molar-refractivity contribution is -0.425. The van der Waals surface area contributed by atoms with Crippen LogP contribution in [0, 0.1) is 5.41 Å². The summed E-state index contributed by atoms with van der Waals surface area (Å²) >= 11 is 0.999. The molecule has 0 spiro atoms. The summed E-state index contributed by atoms with van der Waals surface area (Å²) in [6.45, 7) is 7.50. The highest BCUT2D eigenvalue weighted by molar-refractivity contribution is 8.13. The lowest BCUT2D eigenvalue weighted by Crippen LogP contribution is -2.59. The number of hydrogen-bond donors (Lipinski definition) is 3. The quantitative estimate of drug-likeness (QED) is 0.228. The zero-order valence-corrected chi connectivity index (χ0v) is 21.4. The van der Waals surface area contributed by atoms with Gasteiger partial charge in [-0.15, -0.1) is 0 Å². The van der Waals surface area contributed by atoms with Crippen molar-refractivity contribution in [2.45, 2.75) is 65.5 Å². The Morgan fingerprint density at radius 1 is 1.03 bits per heavy atom. The number of hydrogen-bond acceptors (Lipinski definition) is 9. The summed E-state index contributed by atoms with van der Waals surface area (Å²) in [6, 6.07) is 0. The molecule has 11 nitrogen and oxygen atoms in total. The molecule has 0 aromatic heterocycles. The van der Waals surface area contributed by atoms with E-state index < -0.39 is 17.5 Å². The zero-order valence-electron chi connectivity index (χ0n) is 20.6. The van der Waals surface area contributed by atoms with Crippen molar-refractivity contribution < 1.29 is 38.2 Å². The number of ketones is 1. The number of rotatable bonds is 14. The van der Waals surface area contributed by atoms with E-state index in [-0.39, 0.29) is 61.2 Å². The van der Waals surface area contributed by atoms with Crippen LogP contribution in [-0.2, 0) is 38.2 Å². The molecule has 1 rings (SSSR count). The number of carbonyl (C=O) groups excluding carboxylic acids is 5. The van der Waals surface area contributed by atoms with Crippen LogP contribution in [0.25, 0.3) is 0 Å². The first-order valence-corrected chi connectivity index (χ1v) is 12.2. The van der Waals surface area contributed by atoms with Gasteiger partial charge in [0.1, 0.15) is 11.9 Å². The van der Waals surface area contributed by atoms with Gasteiger partial charge in [0.2, 0.25) is 17.7 Å². The van der Waals surface area contributed by atoms with E-state index in [9.17, 15) is 24.0 Å². The molecule has 34 heavy (non-hydrogen) atoms. The number of methoxy groups -OCH3 is 1. The van der Waals surface area contributed by atoms with Gasteiger partial charge < -0.3 is 30.2 Å². The molecular formula is C22H37N3O8S. The van der Waals surface area contributed by atoms with Gasteiger partial charge in [0.05, 0.1) is 13.0 Å². The first-order chi connectivity index (χ1) is 15.9. The van der Waals surface area contributed by atoms with E-state index in [0.717, 1.165) is 11.8 Å². The van der Waals surface area contributed by atoms with Crippen molar-refractivity contribution in [2.75, 3.05) is 39.1 Å². The van der Waals surface area contributed by atoms with Gasteiger partial charge in [0.25, 0.3) is 5.97 Å². The fraction of sp³-hybridized carbons (Fsp3) is 0.773. The summed E-state index contributed by atoms with van der Waals surface area (Å²) in [5.74, 6) is -2.01. The average molecular weight is 504 g/mol. The Morgan fingerprint density at radius 3 is 2.35 bits per heavy atom. The van der Waals surface area contributed by atoms with Crippen LogP contribution in [0.2, 0.25) is 0 Å². The highest BCUT2D eigenvalue weighted by atomic mass is 32.2. The first-order valence-electron chi connectivity index (χ1n) is 11.2. The molecule has 2 atom stereocenters. The predicted molar refractivity (Wildman–Crippen MR) is 126 cm³/mol. The lowest BCUT2D eigenvalue weighted by Gasteiger charge is -2.46. The van der Waals surface area contributed by atoms with Gasteiger partial charge in [0.15, 0.2) is 5.12 Å². The van der Waals surface area contributed by atoms with Crippen LogP contribution >= 0.6 is 11.8 Å². The summed E-state index contributed by atoms with van der Waals surface area (Å²) in [5.41, 5.74) is -0.629. The van der Waals surface area contributed by atoms with Gasteiger partial charge in [-0.3, -0.25) is 24.0 Å². The molecule has 0 aromatic rings. The van der Waals surface area contributed by atoms with Crippen LogP contribution in [0.15, 0.2) is 0 Å². The fourth-order valence-electron chi connectivity index (χ4n) is 3.15. The van der Waals surface area contributed by atoms with Crippen molar-refractivity contribution in [1.29, 1.82) is 0 Å². The van der Waals surface area contributed by atoms with Gasteiger partial charge in [-0.1, -0.05) is 25.6 Å². The molecule has 3 N–H and O–H groups in total. The molecule has 1 fully saturated rings. The van der Waals surface area contributed by atoms with Crippen molar-refractivity contribution in [2.24, 2.45) is 5.41 Å². The third-order valence-electron chi connectivity index (χ3n) is 4.99. The zero-order chi connectivity index (χ0) is 25.8. The molecule has 194 valence electrons. The van der Waals surface area contributed by atoms with Crippen molar-refractivity contribution >= 4 is 40.4 Å². The van der Waals surface area contributed by atoms with E-state index in [1.807, 2.05) is 13.8 Å². The van der Waals surface area contributed by atoms with Crippen molar-refractivity contribution in [3.05, 3.63) is 0 Å². The molecule has 0 aliphatic carbocycles. The van der Waals surface area contributed by atoms with E-state index in [2.05, 4.69) is 16.0 Å². The Kier molecular flexibility index (Phi) is 12.7. The maximum Gasteiger partial charge on any atom is 0.283 e. The van der Waals surface area contributed by atoms with Crippen LogP contribution in [0.5, 0.6) is 0 Å². The first kappa shape index (κ1) is 30.0. The van der Waals surface area contributed by atoms with E-state index in [4.69, 9.17) is 14.2 Å². The minimum Gasteiger partial charge on any atom is -0.356 e. The topological polar surface area (TPSA) is 149 Å². The Morgan fingerprint density at radius 2 is 1.74 bits per heavy atom. The molecule has 1 heterocycles. The van der Waals surface area contributed by atoms with Crippen molar-refractivity contribution in [3.8, 4) is 0 Å². The molecule has 1 aliphatic heterocycles. The molecular weight excluding hydrogens is 466 g/mol. The largest absolute Gasteiger partial charge is 0.356 e. The minimum absolute atomic E-state index is 0.0631. The van der Waals surface area contributed by atoms with Crippen LogP contribution in [-0.4, -0.2) is 79.8 Å². The number of nitrogens with one attached hydrogen (secondary N) is 3.